The highest BCUT2D eigenvalue weighted by atomic mass is 127. The van der Waals surface area contributed by atoms with Gasteiger partial charge in [0.25, 0.3) is 0 Å². The molecule has 4 rings (SSSR count). The number of pyridine rings is 1. The quantitative estimate of drug-likeness (QED) is 0.323. The van der Waals surface area contributed by atoms with Crippen molar-refractivity contribution in [2.24, 2.45) is 22.6 Å². The zero-order chi connectivity index (χ0) is 23.2. The van der Waals surface area contributed by atoms with Crippen LogP contribution in [0.25, 0.3) is 0 Å². The number of rotatable bonds is 5. The fraction of sp³-hybridized carbons (Fsp3) is 0.500. The second-order valence-corrected chi connectivity index (χ2v) is 9.28. The van der Waals surface area contributed by atoms with Gasteiger partial charge in [0.2, 0.25) is 5.91 Å². The number of benzene rings is 1. The van der Waals surface area contributed by atoms with Gasteiger partial charge in [-0.05, 0) is 42.7 Å². The van der Waals surface area contributed by atoms with Gasteiger partial charge in [0.1, 0.15) is 5.82 Å². The van der Waals surface area contributed by atoms with E-state index in [1.54, 1.807) is 0 Å². The molecule has 2 atom stereocenters. The van der Waals surface area contributed by atoms with E-state index < -0.39 is 0 Å². The van der Waals surface area contributed by atoms with Crippen molar-refractivity contribution in [3.8, 4) is 0 Å². The minimum absolute atomic E-state index is 0. The van der Waals surface area contributed by atoms with Crippen molar-refractivity contribution in [3.63, 3.8) is 0 Å². The second kappa shape index (κ2) is 12.4. The van der Waals surface area contributed by atoms with Crippen LogP contribution < -0.4 is 16.0 Å². The predicted octanol–water partition coefficient (Wildman–Crippen LogP) is 3.60. The van der Waals surface area contributed by atoms with Crippen LogP contribution in [0.3, 0.4) is 0 Å². The summed E-state index contributed by atoms with van der Waals surface area (Å²) >= 11 is 0. The van der Waals surface area contributed by atoms with Gasteiger partial charge < -0.3 is 20.9 Å². The molecule has 8 heteroatoms. The third kappa shape index (κ3) is 6.20. The number of hydrogen-bond acceptors (Lipinski definition) is 4. The zero-order valence-corrected chi connectivity index (χ0v) is 22.5. The van der Waals surface area contributed by atoms with Crippen LogP contribution in [-0.4, -0.2) is 55.0 Å². The first kappa shape index (κ1) is 26.2. The molecule has 2 fully saturated rings. The molecule has 184 valence electrons. The molecule has 0 spiro atoms. The number of hydrogen-bond donors (Lipinski definition) is 2. The lowest BCUT2D eigenvalue weighted by atomic mass is 9.82. The van der Waals surface area contributed by atoms with Crippen molar-refractivity contribution in [2.75, 3.05) is 38.1 Å². The van der Waals surface area contributed by atoms with E-state index in [1.165, 1.54) is 5.56 Å². The lowest BCUT2D eigenvalue weighted by Gasteiger charge is -2.39. The number of nitrogens with one attached hydrogen (secondary N) is 1. The topological polar surface area (TPSA) is 86.9 Å². The highest BCUT2D eigenvalue weighted by Crippen LogP contribution is 2.32. The number of carbonyl (C=O) groups excluding carboxylic acids is 1. The Bertz CT molecular complexity index is 961. The van der Waals surface area contributed by atoms with Crippen molar-refractivity contribution in [2.45, 2.75) is 38.6 Å². The Morgan fingerprint density at radius 3 is 2.50 bits per heavy atom. The zero-order valence-electron chi connectivity index (χ0n) is 20.2. The van der Waals surface area contributed by atoms with Crippen LogP contribution in [-0.2, 0) is 11.3 Å². The molecule has 0 radical (unpaired) electrons. The maximum atomic E-state index is 11.5. The van der Waals surface area contributed by atoms with E-state index in [2.05, 4.69) is 68.4 Å². The molecule has 2 unspecified atom stereocenters. The molecule has 2 aliphatic rings. The Labute approximate surface area is 220 Å². The lowest BCUT2D eigenvalue weighted by molar-refractivity contribution is -0.122. The number of halogens is 1. The molecule has 3 heterocycles. The van der Waals surface area contributed by atoms with Gasteiger partial charge in [-0.25, -0.2) is 4.98 Å². The minimum Gasteiger partial charge on any atom is -0.369 e. The Hall–Kier alpha value is -2.36. The first-order valence-electron chi connectivity index (χ1n) is 12.1. The maximum absolute atomic E-state index is 11.5. The summed E-state index contributed by atoms with van der Waals surface area (Å²) < 4.78 is 0. The number of likely N-dealkylation sites (tertiary alicyclic amines) is 1. The fourth-order valence-electron chi connectivity index (χ4n) is 5.27. The summed E-state index contributed by atoms with van der Waals surface area (Å²) in [4.78, 5) is 25.4. The van der Waals surface area contributed by atoms with Crippen molar-refractivity contribution < 1.29 is 4.79 Å². The van der Waals surface area contributed by atoms with Gasteiger partial charge in [-0.15, -0.1) is 24.0 Å². The molecule has 34 heavy (non-hydrogen) atoms. The van der Waals surface area contributed by atoms with Gasteiger partial charge in [0.05, 0.1) is 0 Å². The molecule has 1 amide bonds. The van der Waals surface area contributed by atoms with Gasteiger partial charge in [-0.1, -0.05) is 43.3 Å². The van der Waals surface area contributed by atoms with E-state index in [-0.39, 0.29) is 35.8 Å². The molecule has 1 aromatic heterocycles. The Balaban J connectivity index is 0.00000324. The van der Waals surface area contributed by atoms with E-state index in [4.69, 9.17) is 5.73 Å². The number of piperidine rings is 2. The van der Waals surface area contributed by atoms with Crippen LogP contribution in [0.5, 0.6) is 0 Å². The number of aliphatic imine (C=N–C) groups is 1. The summed E-state index contributed by atoms with van der Waals surface area (Å²) in [7, 11) is 1.86. The second-order valence-electron chi connectivity index (χ2n) is 9.28. The van der Waals surface area contributed by atoms with Crippen LogP contribution in [0.15, 0.2) is 53.7 Å². The number of guanidine groups is 1. The van der Waals surface area contributed by atoms with E-state index in [1.807, 2.05) is 19.3 Å². The molecule has 2 aromatic rings. The molecule has 1 aromatic carbocycles. The number of aromatic nitrogens is 1. The normalized spacial score (nSPS) is 21.6. The molecule has 7 nitrogen and oxygen atoms in total. The third-order valence-corrected chi connectivity index (χ3v) is 7.15. The molecule has 2 saturated heterocycles. The van der Waals surface area contributed by atoms with Gasteiger partial charge in [-0.2, -0.15) is 0 Å². The van der Waals surface area contributed by atoms with Crippen LogP contribution in [0.1, 0.15) is 43.2 Å². The minimum atomic E-state index is -0.188. The van der Waals surface area contributed by atoms with Crippen molar-refractivity contribution in [1.82, 2.24) is 15.2 Å². The molecule has 0 saturated carbocycles. The standard InChI is InChI=1S/C26H36N6O.HI/c1-19-18-32(16-12-23(19)20-7-4-3-5-8-20)26(28-2)30-17-22-9-6-13-29-25(22)31-14-10-21(11-15-31)24(27)33;/h3-9,13,19,21,23H,10-12,14-18H2,1-2H3,(H2,27,33)(H,28,30);1H. The van der Waals surface area contributed by atoms with Gasteiger partial charge in [0.15, 0.2) is 5.96 Å². The lowest BCUT2D eigenvalue weighted by Crippen LogP contribution is -2.47. The average Bonchev–Trinajstić information content (AvgIpc) is 2.85. The van der Waals surface area contributed by atoms with Crippen LogP contribution >= 0.6 is 24.0 Å². The fourth-order valence-corrected chi connectivity index (χ4v) is 5.27. The summed E-state index contributed by atoms with van der Waals surface area (Å²) in [6.45, 7) is 6.59. The van der Waals surface area contributed by atoms with E-state index in [0.29, 0.717) is 18.4 Å². The van der Waals surface area contributed by atoms with Crippen molar-refractivity contribution in [1.29, 1.82) is 0 Å². The molecule has 2 aliphatic heterocycles. The SMILES string of the molecule is CN=C(NCc1cccnc1N1CCC(C(N)=O)CC1)N1CCC(c2ccccc2)C(C)C1.I. The number of amides is 1. The molecule has 0 aliphatic carbocycles. The largest absolute Gasteiger partial charge is 0.369 e. The molecule has 0 bridgehead atoms. The van der Waals surface area contributed by atoms with Crippen LogP contribution in [0.2, 0.25) is 0 Å². The van der Waals surface area contributed by atoms with E-state index in [9.17, 15) is 4.79 Å². The smallest absolute Gasteiger partial charge is 0.220 e. The van der Waals surface area contributed by atoms with Crippen molar-refractivity contribution >= 4 is 41.7 Å². The number of nitrogens with zero attached hydrogens (tertiary/aromatic N) is 4. The highest BCUT2D eigenvalue weighted by molar-refractivity contribution is 14.0. The Kier molecular flexibility index (Phi) is 9.55. The molecular formula is C26H37IN6O. The monoisotopic (exact) mass is 576 g/mol. The molecular weight excluding hydrogens is 539 g/mol. The summed E-state index contributed by atoms with van der Waals surface area (Å²) in [5.74, 6) is 2.86. The first-order chi connectivity index (χ1) is 16.1. The Morgan fingerprint density at radius 2 is 1.85 bits per heavy atom. The summed E-state index contributed by atoms with van der Waals surface area (Å²) in [5, 5.41) is 3.57. The molecule has 3 N–H and O–H groups in total. The predicted molar refractivity (Wildman–Crippen MR) is 149 cm³/mol. The number of nitrogens with two attached hydrogens (primary N) is 1. The van der Waals surface area contributed by atoms with E-state index >= 15 is 0 Å². The van der Waals surface area contributed by atoms with E-state index in [0.717, 1.165) is 62.8 Å². The third-order valence-electron chi connectivity index (χ3n) is 7.15. The van der Waals surface area contributed by atoms with Crippen molar-refractivity contribution in [3.05, 3.63) is 59.8 Å². The number of primary amides is 1. The Morgan fingerprint density at radius 1 is 1.12 bits per heavy atom. The average molecular weight is 577 g/mol. The number of anilines is 1. The highest BCUT2D eigenvalue weighted by Gasteiger charge is 2.29. The first-order valence-corrected chi connectivity index (χ1v) is 12.1. The van der Waals surface area contributed by atoms with Crippen LogP contribution in [0, 0.1) is 11.8 Å². The summed E-state index contributed by atoms with van der Waals surface area (Å²) in [5.41, 5.74) is 8.08. The van der Waals surface area contributed by atoms with Gasteiger partial charge in [-0.3, -0.25) is 9.79 Å². The maximum Gasteiger partial charge on any atom is 0.220 e. The summed E-state index contributed by atoms with van der Waals surface area (Å²) in [6, 6.07) is 15.0. The van der Waals surface area contributed by atoms with Gasteiger partial charge in [0, 0.05) is 57.4 Å². The van der Waals surface area contributed by atoms with Crippen LogP contribution in [0.4, 0.5) is 5.82 Å². The number of carbonyl (C=O) groups is 1. The summed E-state index contributed by atoms with van der Waals surface area (Å²) in [6.07, 6.45) is 4.53. The van der Waals surface area contributed by atoms with Gasteiger partial charge >= 0.3 is 0 Å².